The number of anilines is 1. The van der Waals surface area contributed by atoms with Crippen molar-refractivity contribution in [3.63, 3.8) is 0 Å². The molecule has 0 spiro atoms. The van der Waals surface area contributed by atoms with E-state index in [0.29, 0.717) is 5.82 Å². The van der Waals surface area contributed by atoms with Gasteiger partial charge in [-0.3, -0.25) is 5.10 Å². The Balaban J connectivity index is 2.74. The second kappa shape index (κ2) is 4.41. The van der Waals surface area contributed by atoms with Gasteiger partial charge in [0, 0.05) is 11.6 Å². The molecule has 0 atom stereocenters. The summed E-state index contributed by atoms with van der Waals surface area (Å²) in [6.45, 7) is 4.11. The lowest BCUT2D eigenvalue weighted by atomic mass is 10.00. The van der Waals surface area contributed by atoms with Crippen molar-refractivity contribution in [2.45, 2.75) is 13.8 Å². The van der Waals surface area contributed by atoms with Crippen molar-refractivity contribution in [1.29, 1.82) is 0 Å². The maximum atomic E-state index is 5.64. The van der Waals surface area contributed by atoms with E-state index in [2.05, 4.69) is 40.0 Å². The molecular formula is C12H14BrN3O. The first kappa shape index (κ1) is 12.0. The number of nitrogens with one attached hydrogen (secondary N) is 1. The van der Waals surface area contributed by atoms with Gasteiger partial charge in [-0.1, -0.05) is 0 Å². The molecule has 0 fully saturated rings. The average molecular weight is 296 g/mol. The molecule has 2 rings (SSSR count). The van der Waals surface area contributed by atoms with Crippen LogP contribution in [-0.2, 0) is 0 Å². The Morgan fingerprint density at radius 1 is 1.35 bits per heavy atom. The number of hydrogen-bond donors (Lipinski definition) is 2. The van der Waals surface area contributed by atoms with E-state index in [4.69, 9.17) is 10.5 Å². The molecule has 0 saturated heterocycles. The molecule has 90 valence electrons. The lowest BCUT2D eigenvalue weighted by Crippen LogP contribution is -1.95. The molecule has 0 aliphatic heterocycles. The Hall–Kier alpha value is -1.49. The van der Waals surface area contributed by atoms with Gasteiger partial charge in [-0.05, 0) is 47.0 Å². The summed E-state index contributed by atoms with van der Waals surface area (Å²) in [6, 6.07) is 3.84. The van der Waals surface area contributed by atoms with E-state index >= 15 is 0 Å². The highest BCUT2D eigenvalue weighted by Crippen LogP contribution is 2.40. The van der Waals surface area contributed by atoms with Gasteiger partial charge >= 0.3 is 0 Å². The fourth-order valence-corrected chi connectivity index (χ4v) is 2.54. The van der Waals surface area contributed by atoms with Crippen LogP contribution in [0.25, 0.3) is 11.3 Å². The van der Waals surface area contributed by atoms with Crippen LogP contribution >= 0.6 is 15.9 Å². The zero-order valence-electron chi connectivity index (χ0n) is 9.97. The number of aromatic amines is 1. The summed E-state index contributed by atoms with van der Waals surface area (Å²) >= 11 is 3.51. The number of rotatable bonds is 2. The summed E-state index contributed by atoms with van der Waals surface area (Å²) in [7, 11) is 1.65. The van der Waals surface area contributed by atoms with Crippen molar-refractivity contribution in [2.24, 2.45) is 0 Å². The molecule has 0 bridgehead atoms. The Morgan fingerprint density at radius 2 is 2.06 bits per heavy atom. The predicted octanol–water partition coefficient (Wildman–Crippen LogP) is 3.05. The van der Waals surface area contributed by atoms with Crippen LogP contribution in [0.1, 0.15) is 11.1 Å². The van der Waals surface area contributed by atoms with Gasteiger partial charge in [0.1, 0.15) is 11.6 Å². The summed E-state index contributed by atoms with van der Waals surface area (Å²) in [6.07, 6.45) is 0. The number of ether oxygens (including phenoxy) is 1. The van der Waals surface area contributed by atoms with Crippen LogP contribution in [0.15, 0.2) is 16.6 Å². The number of nitrogens with zero attached hydrogens (tertiary/aromatic N) is 1. The fraction of sp³-hybridized carbons (Fsp3) is 0.250. The van der Waals surface area contributed by atoms with Crippen molar-refractivity contribution in [3.05, 3.63) is 27.7 Å². The first-order valence-electron chi connectivity index (χ1n) is 5.19. The molecule has 0 saturated carbocycles. The third-order valence-electron chi connectivity index (χ3n) is 2.82. The Kier molecular flexibility index (Phi) is 3.11. The third-order valence-corrected chi connectivity index (χ3v) is 3.41. The molecule has 1 aromatic heterocycles. The van der Waals surface area contributed by atoms with Gasteiger partial charge in [-0.2, -0.15) is 5.10 Å². The quantitative estimate of drug-likeness (QED) is 0.895. The molecule has 1 heterocycles. The topological polar surface area (TPSA) is 63.9 Å². The van der Waals surface area contributed by atoms with Crippen LogP contribution in [0.4, 0.5) is 5.82 Å². The number of nitrogens with two attached hydrogens (primary N) is 1. The first-order chi connectivity index (χ1) is 8.04. The molecular weight excluding hydrogens is 282 g/mol. The highest BCUT2D eigenvalue weighted by atomic mass is 79.9. The molecule has 0 aliphatic carbocycles. The van der Waals surface area contributed by atoms with Gasteiger partial charge in [-0.15, -0.1) is 0 Å². The summed E-state index contributed by atoms with van der Waals surface area (Å²) < 4.78 is 6.36. The molecule has 0 unspecified atom stereocenters. The fourth-order valence-electron chi connectivity index (χ4n) is 1.84. The zero-order valence-corrected chi connectivity index (χ0v) is 11.6. The largest absolute Gasteiger partial charge is 0.495 e. The maximum Gasteiger partial charge on any atom is 0.145 e. The molecule has 5 heteroatoms. The minimum Gasteiger partial charge on any atom is -0.495 e. The summed E-state index contributed by atoms with van der Waals surface area (Å²) in [5.74, 6) is 1.26. The standard InChI is InChI=1S/C12H14BrN3O/c1-6-4-8(13)12(17-3)11(7(6)2)9-5-10(14)16-15-9/h4-5H,1-3H3,(H3,14,15,16). The molecule has 17 heavy (non-hydrogen) atoms. The van der Waals surface area contributed by atoms with E-state index in [-0.39, 0.29) is 0 Å². The number of aromatic nitrogens is 2. The first-order valence-corrected chi connectivity index (χ1v) is 5.98. The molecule has 1 aromatic carbocycles. The Labute approximate surface area is 108 Å². The smallest absolute Gasteiger partial charge is 0.145 e. The molecule has 2 aromatic rings. The second-order valence-corrected chi connectivity index (χ2v) is 4.77. The van der Waals surface area contributed by atoms with Crippen molar-refractivity contribution < 1.29 is 4.74 Å². The number of H-pyrrole nitrogens is 1. The number of hydrogen-bond acceptors (Lipinski definition) is 3. The lowest BCUT2D eigenvalue weighted by molar-refractivity contribution is 0.413. The van der Waals surface area contributed by atoms with Crippen LogP contribution < -0.4 is 10.5 Å². The lowest BCUT2D eigenvalue weighted by Gasteiger charge is -2.14. The number of nitrogen functional groups attached to an aromatic ring is 1. The molecule has 0 radical (unpaired) electrons. The van der Waals surface area contributed by atoms with Crippen LogP contribution in [0, 0.1) is 13.8 Å². The van der Waals surface area contributed by atoms with E-state index in [0.717, 1.165) is 27.0 Å². The number of methoxy groups -OCH3 is 1. The number of halogens is 1. The van der Waals surface area contributed by atoms with Gasteiger partial charge in [0.25, 0.3) is 0 Å². The van der Waals surface area contributed by atoms with Gasteiger partial charge in [0.2, 0.25) is 0 Å². The van der Waals surface area contributed by atoms with E-state index in [1.807, 2.05) is 6.07 Å². The summed E-state index contributed by atoms with van der Waals surface area (Å²) in [4.78, 5) is 0. The van der Waals surface area contributed by atoms with E-state index < -0.39 is 0 Å². The van der Waals surface area contributed by atoms with Crippen molar-refractivity contribution in [3.8, 4) is 17.0 Å². The normalized spacial score (nSPS) is 10.6. The molecule has 0 amide bonds. The minimum atomic E-state index is 0.471. The van der Waals surface area contributed by atoms with Crippen LogP contribution in [0.2, 0.25) is 0 Å². The highest BCUT2D eigenvalue weighted by molar-refractivity contribution is 9.10. The molecule has 0 aliphatic rings. The van der Waals surface area contributed by atoms with Crippen LogP contribution in [0.3, 0.4) is 0 Å². The summed E-state index contributed by atoms with van der Waals surface area (Å²) in [5.41, 5.74) is 9.82. The zero-order chi connectivity index (χ0) is 12.6. The van der Waals surface area contributed by atoms with Crippen LogP contribution in [-0.4, -0.2) is 17.3 Å². The predicted molar refractivity (Wildman–Crippen MR) is 72.2 cm³/mol. The van der Waals surface area contributed by atoms with Crippen molar-refractivity contribution >= 4 is 21.7 Å². The van der Waals surface area contributed by atoms with Crippen molar-refractivity contribution in [1.82, 2.24) is 10.2 Å². The number of aryl methyl sites for hydroxylation is 1. The van der Waals surface area contributed by atoms with Gasteiger partial charge in [0.05, 0.1) is 17.3 Å². The van der Waals surface area contributed by atoms with Crippen molar-refractivity contribution in [2.75, 3.05) is 12.8 Å². The highest BCUT2D eigenvalue weighted by Gasteiger charge is 2.16. The SMILES string of the molecule is COc1c(Br)cc(C)c(C)c1-c1cc(N)n[nH]1. The van der Waals surface area contributed by atoms with Gasteiger partial charge < -0.3 is 10.5 Å². The monoisotopic (exact) mass is 295 g/mol. The average Bonchev–Trinajstić information content (AvgIpc) is 2.69. The third kappa shape index (κ3) is 2.02. The minimum absolute atomic E-state index is 0.471. The van der Waals surface area contributed by atoms with E-state index in [1.165, 1.54) is 5.56 Å². The molecule has 3 N–H and O–H groups in total. The maximum absolute atomic E-state index is 5.64. The summed E-state index contributed by atoms with van der Waals surface area (Å²) in [5, 5.41) is 6.87. The van der Waals surface area contributed by atoms with Gasteiger partial charge in [-0.25, -0.2) is 0 Å². The van der Waals surface area contributed by atoms with E-state index in [9.17, 15) is 0 Å². The Morgan fingerprint density at radius 3 is 2.59 bits per heavy atom. The number of benzene rings is 1. The van der Waals surface area contributed by atoms with Crippen LogP contribution in [0.5, 0.6) is 5.75 Å². The Bertz CT molecular complexity index is 563. The van der Waals surface area contributed by atoms with Gasteiger partial charge in [0.15, 0.2) is 0 Å². The van der Waals surface area contributed by atoms with E-state index in [1.54, 1.807) is 13.2 Å². The second-order valence-electron chi connectivity index (χ2n) is 3.92. The molecule has 4 nitrogen and oxygen atoms in total.